The summed E-state index contributed by atoms with van der Waals surface area (Å²) in [7, 11) is 1.89. The lowest BCUT2D eigenvalue weighted by Gasteiger charge is -2.09. The van der Waals surface area contributed by atoms with Crippen molar-refractivity contribution in [2.75, 3.05) is 6.54 Å². The molecule has 3 nitrogen and oxygen atoms in total. The topological polar surface area (TPSA) is 43.8 Å². The third kappa shape index (κ3) is 2.73. The SMILES string of the molecule is Cc1cc(Sc2cccc(F)c2CCN)n(C)n1. The van der Waals surface area contributed by atoms with E-state index in [9.17, 15) is 4.39 Å². The van der Waals surface area contributed by atoms with Gasteiger partial charge in [-0.25, -0.2) is 4.39 Å². The van der Waals surface area contributed by atoms with Gasteiger partial charge in [0, 0.05) is 17.5 Å². The molecular formula is C13H16FN3S. The van der Waals surface area contributed by atoms with Crippen LogP contribution < -0.4 is 5.73 Å². The predicted octanol–water partition coefficient (Wildman–Crippen LogP) is 2.52. The molecule has 1 aromatic heterocycles. The zero-order valence-corrected chi connectivity index (χ0v) is 11.3. The van der Waals surface area contributed by atoms with Gasteiger partial charge in [0.2, 0.25) is 0 Å². The van der Waals surface area contributed by atoms with Crippen molar-refractivity contribution in [1.29, 1.82) is 0 Å². The molecule has 2 aromatic rings. The Morgan fingerprint density at radius 2 is 2.22 bits per heavy atom. The molecule has 96 valence electrons. The average Bonchev–Trinajstić information content (AvgIpc) is 2.62. The Hall–Kier alpha value is -1.33. The van der Waals surface area contributed by atoms with Gasteiger partial charge in [-0.3, -0.25) is 4.68 Å². The van der Waals surface area contributed by atoms with Crippen molar-refractivity contribution in [2.24, 2.45) is 12.8 Å². The van der Waals surface area contributed by atoms with Crippen LogP contribution in [0.5, 0.6) is 0 Å². The zero-order valence-electron chi connectivity index (χ0n) is 10.5. The Kier molecular flexibility index (Phi) is 4.04. The third-order valence-electron chi connectivity index (χ3n) is 2.64. The quantitative estimate of drug-likeness (QED) is 0.923. The number of benzene rings is 1. The second-order valence-electron chi connectivity index (χ2n) is 4.10. The van der Waals surface area contributed by atoms with Crippen molar-refractivity contribution in [3.8, 4) is 0 Å². The average molecular weight is 265 g/mol. The Bertz CT molecular complexity index is 551. The molecule has 0 radical (unpaired) electrons. The molecule has 0 aliphatic heterocycles. The van der Waals surface area contributed by atoms with E-state index in [1.165, 1.54) is 17.8 Å². The summed E-state index contributed by atoms with van der Waals surface area (Å²) >= 11 is 1.52. The summed E-state index contributed by atoms with van der Waals surface area (Å²) in [6, 6.07) is 7.10. The fourth-order valence-electron chi connectivity index (χ4n) is 1.82. The molecule has 0 spiro atoms. The largest absolute Gasteiger partial charge is 0.330 e. The van der Waals surface area contributed by atoms with Crippen molar-refractivity contribution in [1.82, 2.24) is 9.78 Å². The highest BCUT2D eigenvalue weighted by molar-refractivity contribution is 7.99. The van der Waals surface area contributed by atoms with E-state index in [1.807, 2.05) is 26.1 Å². The monoisotopic (exact) mass is 265 g/mol. The predicted molar refractivity (Wildman–Crippen MR) is 71.2 cm³/mol. The Morgan fingerprint density at radius 1 is 1.44 bits per heavy atom. The summed E-state index contributed by atoms with van der Waals surface area (Å²) in [6.07, 6.45) is 0.547. The number of halogens is 1. The first kappa shape index (κ1) is 13.1. The van der Waals surface area contributed by atoms with Crippen molar-refractivity contribution in [3.63, 3.8) is 0 Å². The van der Waals surface area contributed by atoms with Crippen molar-refractivity contribution in [3.05, 3.63) is 41.3 Å². The molecule has 0 amide bonds. The number of aromatic nitrogens is 2. The standard InChI is InChI=1S/C13H16FN3S/c1-9-8-13(17(2)16-9)18-12-5-3-4-11(14)10(12)6-7-15/h3-5,8H,6-7,15H2,1-2H3. The van der Waals surface area contributed by atoms with Gasteiger partial charge in [-0.15, -0.1) is 0 Å². The summed E-state index contributed by atoms with van der Waals surface area (Å²) in [5, 5.41) is 5.28. The van der Waals surface area contributed by atoms with Crippen LogP contribution in [0.25, 0.3) is 0 Å². The highest BCUT2D eigenvalue weighted by Crippen LogP contribution is 2.31. The first-order valence-electron chi connectivity index (χ1n) is 5.77. The van der Waals surface area contributed by atoms with Crippen LogP contribution in [0.15, 0.2) is 34.2 Å². The molecule has 2 rings (SSSR count). The van der Waals surface area contributed by atoms with Gasteiger partial charge in [0.1, 0.15) is 5.82 Å². The van der Waals surface area contributed by atoms with Crippen molar-refractivity contribution < 1.29 is 4.39 Å². The van der Waals surface area contributed by atoms with Gasteiger partial charge in [-0.1, -0.05) is 17.8 Å². The molecule has 0 aliphatic carbocycles. The van der Waals surface area contributed by atoms with Crippen LogP contribution in [0, 0.1) is 12.7 Å². The van der Waals surface area contributed by atoms with Crippen LogP contribution in [0.3, 0.4) is 0 Å². The molecule has 18 heavy (non-hydrogen) atoms. The maximum atomic E-state index is 13.8. The molecule has 1 aromatic carbocycles. The lowest BCUT2D eigenvalue weighted by molar-refractivity contribution is 0.603. The number of nitrogens with zero attached hydrogens (tertiary/aromatic N) is 2. The molecule has 0 saturated heterocycles. The normalized spacial score (nSPS) is 10.9. The van der Waals surface area contributed by atoms with E-state index in [0.717, 1.165) is 15.6 Å². The number of aryl methyl sites for hydroxylation is 2. The number of hydrogen-bond donors (Lipinski definition) is 1. The summed E-state index contributed by atoms with van der Waals surface area (Å²) in [5.74, 6) is -0.190. The Labute approximate surface area is 110 Å². The molecule has 2 N–H and O–H groups in total. The van der Waals surface area contributed by atoms with Gasteiger partial charge >= 0.3 is 0 Å². The molecule has 0 aliphatic rings. The lowest BCUT2D eigenvalue weighted by atomic mass is 10.1. The molecule has 0 fully saturated rings. The van der Waals surface area contributed by atoms with Gasteiger partial charge in [-0.2, -0.15) is 5.10 Å². The van der Waals surface area contributed by atoms with Crippen molar-refractivity contribution >= 4 is 11.8 Å². The summed E-state index contributed by atoms with van der Waals surface area (Å²) in [6.45, 7) is 2.38. The maximum Gasteiger partial charge on any atom is 0.127 e. The van der Waals surface area contributed by atoms with Gasteiger partial charge in [0.15, 0.2) is 0 Å². The zero-order chi connectivity index (χ0) is 13.1. The Balaban J connectivity index is 2.34. The molecular weight excluding hydrogens is 249 g/mol. The highest BCUT2D eigenvalue weighted by atomic mass is 32.2. The second kappa shape index (κ2) is 5.54. The van der Waals surface area contributed by atoms with E-state index in [0.29, 0.717) is 18.5 Å². The fourth-order valence-corrected chi connectivity index (χ4v) is 2.91. The van der Waals surface area contributed by atoms with E-state index in [4.69, 9.17) is 5.73 Å². The molecule has 0 atom stereocenters. The minimum Gasteiger partial charge on any atom is -0.330 e. The molecule has 5 heteroatoms. The highest BCUT2D eigenvalue weighted by Gasteiger charge is 2.11. The summed E-state index contributed by atoms with van der Waals surface area (Å²) in [5.41, 5.74) is 7.17. The minimum absolute atomic E-state index is 0.190. The number of hydrogen-bond acceptors (Lipinski definition) is 3. The summed E-state index contributed by atoms with van der Waals surface area (Å²) in [4.78, 5) is 0.906. The van der Waals surface area contributed by atoms with Crippen LogP contribution in [0.2, 0.25) is 0 Å². The molecule has 0 bridgehead atoms. The molecule has 1 heterocycles. The van der Waals surface area contributed by atoms with E-state index >= 15 is 0 Å². The van der Waals surface area contributed by atoms with Gasteiger partial charge in [-0.05, 0) is 38.1 Å². The van der Waals surface area contributed by atoms with Crippen LogP contribution in [-0.4, -0.2) is 16.3 Å². The Morgan fingerprint density at radius 3 is 2.83 bits per heavy atom. The van der Waals surface area contributed by atoms with E-state index in [-0.39, 0.29) is 5.82 Å². The first-order valence-corrected chi connectivity index (χ1v) is 6.59. The van der Waals surface area contributed by atoms with Crippen LogP contribution >= 0.6 is 11.8 Å². The van der Waals surface area contributed by atoms with Gasteiger partial charge < -0.3 is 5.73 Å². The van der Waals surface area contributed by atoms with E-state index in [1.54, 1.807) is 10.7 Å². The number of nitrogens with two attached hydrogens (primary N) is 1. The first-order chi connectivity index (χ1) is 8.61. The van der Waals surface area contributed by atoms with Crippen LogP contribution in [-0.2, 0) is 13.5 Å². The van der Waals surface area contributed by atoms with E-state index in [2.05, 4.69) is 5.10 Å². The minimum atomic E-state index is -0.190. The second-order valence-corrected chi connectivity index (χ2v) is 5.17. The number of rotatable bonds is 4. The third-order valence-corrected chi connectivity index (χ3v) is 3.84. The maximum absolute atomic E-state index is 13.8. The van der Waals surface area contributed by atoms with E-state index < -0.39 is 0 Å². The van der Waals surface area contributed by atoms with Gasteiger partial charge in [0.05, 0.1) is 10.7 Å². The smallest absolute Gasteiger partial charge is 0.127 e. The van der Waals surface area contributed by atoms with Crippen molar-refractivity contribution in [2.45, 2.75) is 23.3 Å². The van der Waals surface area contributed by atoms with Gasteiger partial charge in [0.25, 0.3) is 0 Å². The van der Waals surface area contributed by atoms with Crippen LogP contribution in [0.1, 0.15) is 11.3 Å². The molecule has 0 saturated carbocycles. The van der Waals surface area contributed by atoms with Crippen LogP contribution in [0.4, 0.5) is 4.39 Å². The fraction of sp³-hybridized carbons (Fsp3) is 0.308. The lowest BCUT2D eigenvalue weighted by Crippen LogP contribution is -2.06. The summed E-state index contributed by atoms with van der Waals surface area (Å²) < 4.78 is 15.6. The molecule has 0 unspecified atom stereocenters.